The third-order valence-corrected chi connectivity index (χ3v) is 3.73. The molecular formula is C16H17N5O5. The number of nitro benzene ring substituents is 2. The molecule has 10 heteroatoms. The van der Waals surface area contributed by atoms with Crippen molar-refractivity contribution in [3.63, 3.8) is 0 Å². The molecule has 2 aromatic carbocycles. The van der Waals surface area contributed by atoms with Crippen LogP contribution in [0.15, 0.2) is 36.4 Å². The lowest BCUT2D eigenvalue weighted by molar-refractivity contribution is -0.392. The number of nitrogens with zero attached hydrogens (tertiary/aromatic N) is 2. The first-order valence-corrected chi connectivity index (χ1v) is 7.60. The average molecular weight is 359 g/mol. The van der Waals surface area contributed by atoms with Crippen molar-refractivity contribution in [1.29, 1.82) is 0 Å². The van der Waals surface area contributed by atoms with Gasteiger partial charge in [-0.15, -0.1) is 0 Å². The predicted octanol–water partition coefficient (Wildman–Crippen LogP) is 2.97. The van der Waals surface area contributed by atoms with Crippen LogP contribution in [0.5, 0.6) is 0 Å². The largest absolute Gasteiger partial charge is 0.344 e. The quantitative estimate of drug-likeness (QED) is 0.310. The highest BCUT2D eigenvalue weighted by Crippen LogP contribution is 2.39. The smallest absolute Gasteiger partial charge is 0.300 e. The summed E-state index contributed by atoms with van der Waals surface area (Å²) in [5, 5.41) is 25.7. The maximum atomic E-state index is 11.7. The molecular weight excluding hydrogens is 342 g/mol. The number of amides is 1. The number of hydrazine groups is 1. The molecule has 0 saturated carbocycles. The number of benzene rings is 2. The molecule has 0 unspecified atom stereocenters. The molecule has 0 spiro atoms. The van der Waals surface area contributed by atoms with E-state index in [0.717, 1.165) is 17.7 Å². The van der Waals surface area contributed by atoms with Gasteiger partial charge in [0.15, 0.2) is 5.69 Å². The molecule has 0 bridgehead atoms. The standard InChI is InChI=1S/C16H17N5O5/c1-9(2)11-5-3-4-6-12(11)18-15-13(20(23)24)7-10(16(22)19-17)8-14(15)21(25)26/h3-9,18H,17H2,1-2H3,(H,19,22). The van der Waals surface area contributed by atoms with Gasteiger partial charge in [-0.2, -0.15) is 0 Å². The van der Waals surface area contributed by atoms with E-state index in [1.54, 1.807) is 23.6 Å². The Labute approximate surface area is 148 Å². The summed E-state index contributed by atoms with van der Waals surface area (Å²) in [6.45, 7) is 3.86. The van der Waals surface area contributed by atoms with Gasteiger partial charge < -0.3 is 5.32 Å². The Bertz CT molecular complexity index is 846. The molecule has 0 aliphatic rings. The molecule has 0 atom stereocenters. The number of carbonyl (C=O) groups is 1. The lowest BCUT2D eigenvalue weighted by atomic mass is 10.0. The summed E-state index contributed by atoms with van der Waals surface area (Å²) < 4.78 is 0. The maximum Gasteiger partial charge on any atom is 0.300 e. The normalized spacial score (nSPS) is 10.5. The lowest BCUT2D eigenvalue weighted by Gasteiger charge is -2.15. The van der Waals surface area contributed by atoms with E-state index >= 15 is 0 Å². The van der Waals surface area contributed by atoms with E-state index in [0.29, 0.717) is 5.69 Å². The van der Waals surface area contributed by atoms with E-state index in [4.69, 9.17) is 5.84 Å². The molecule has 0 saturated heterocycles. The second kappa shape index (κ2) is 7.57. The molecule has 1 amide bonds. The monoisotopic (exact) mass is 359 g/mol. The fraction of sp³-hybridized carbons (Fsp3) is 0.188. The van der Waals surface area contributed by atoms with Crippen molar-refractivity contribution in [2.75, 3.05) is 5.32 Å². The molecule has 0 heterocycles. The predicted molar refractivity (Wildman–Crippen MR) is 95.2 cm³/mol. The number of nitrogens with two attached hydrogens (primary N) is 1. The van der Waals surface area contributed by atoms with E-state index in [9.17, 15) is 25.0 Å². The van der Waals surface area contributed by atoms with E-state index < -0.39 is 27.1 Å². The van der Waals surface area contributed by atoms with Crippen LogP contribution in [0, 0.1) is 20.2 Å². The Morgan fingerprint density at radius 2 is 1.62 bits per heavy atom. The highest BCUT2D eigenvalue weighted by atomic mass is 16.6. The van der Waals surface area contributed by atoms with Crippen LogP contribution in [0.3, 0.4) is 0 Å². The van der Waals surface area contributed by atoms with Crippen LogP contribution < -0.4 is 16.6 Å². The zero-order chi connectivity index (χ0) is 19.4. The Kier molecular flexibility index (Phi) is 5.48. The van der Waals surface area contributed by atoms with Crippen LogP contribution in [0.1, 0.15) is 35.7 Å². The number of rotatable bonds is 6. The Morgan fingerprint density at radius 1 is 1.08 bits per heavy atom. The van der Waals surface area contributed by atoms with E-state index in [1.807, 2.05) is 19.9 Å². The van der Waals surface area contributed by atoms with Gasteiger partial charge in [-0.1, -0.05) is 32.0 Å². The van der Waals surface area contributed by atoms with Crippen molar-refractivity contribution in [3.05, 3.63) is 67.8 Å². The molecule has 4 N–H and O–H groups in total. The summed E-state index contributed by atoms with van der Waals surface area (Å²) in [7, 11) is 0. The first kappa shape index (κ1) is 18.8. The maximum absolute atomic E-state index is 11.7. The highest BCUT2D eigenvalue weighted by Gasteiger charge is 2.29. The van der Waals surface area contributed by atoms with Crippen LogP contribution in [0.2, 0.25) is 0 Å². The van der Waals surface area contributed by atoms with Gasteiger partial charge in [-0.25, -0.2) is 5.84 Å². The van der Waals surface area contributed by atoms with Gasteiger partial charge in [0.05, 0.1) is 15.4 Å². The molecule has 10 nitrogen and oxygen atoms in total. The minimum Gasteiger partial charge on any atom is -0.344 e. The minimum atomic E-state index is -0.870. The molecule has 0 fully saturated rings. The number of carbonyl (C=O) groups excluding carboxylic acids is 1. The highest BCUT2D eigenvalue weighted by molar-refractivity contribution is 5.97. The van der Waals surface area contributed by atoms with E-state index in [-0.39, 0.29) is 17.2 Å². The van der Waals surface area contributed by atoms with Crippen LogP contribution in [0.4, 0.5) is 22.7 Å². The molecule has 0 aromatic heterocycles. The zero-order valence-electron chi connectivity index (χ0n) is 14.1. The van der Waals surface area contributed by atoms with Gasteiger partial charge in [0, 0.05) is 17.8 Å². The number of nitrogen functional groups attached to an aromatic ring is 1. The Balaban J connectivity index is 2.69. The minimum absolute atomic E-state index is 0.0825. The molecule has 26 heavy (non-hydrogen) atoms. The molecule has 0 aliphatic carbocycles. The van der Waals surface area contributed by atoms with Gasteiger partial charge in [-0.3, -0.25) is 30.4 Å². The summed E-state index contributed by atoms with van der Waals surface area (Å²) >= 11 is 0. The Morgan fingerprint density at radius 3 is 2.08 bits per heavy atom. The fourth-order valence-electron chi connectivity index (χ4n) is 2.49. The number of anilines is 2. The topological polar surface area (TPSA) is 153 Å². The van der Waals surface area contributed by atoms with E-state index in [2.05, 4.69) is 5.32 Å². The number of hydrogen-bond acceptors (Lipinski definition) is 7. The van der Waals surface area contributed by atoms with Crippen LogP contribution >= 0.6 is 0 Å². The van der Waals surface area contributed by atoms with Gasteiger partial charge in [0.25, 0.3) is 5.91 Å². The van der Waals surface area contributed by atoms with Crippen LogP contribution in [-0.4, -0.2) is 15.8 Å². The molecule has 0 radical (unpaired) electrons. The van der Waals surface area contributed by atoms with Crippen molar-refractivity contribution in [3.8, 4) is 0 Å². The molecule has 0 aliphatic heterocycles. The lowest BCUT2D eigenvalue weighted by Crippen LogP contribution is -2.30. The molecule has 2 rings (SSSR count). The number of para-hydroxylation sites is 1. The summed E-state index contributed by atoms with van der Waals surface area (Å²) in [5.41, 5.74) is 1.35. The average Bonchev–Trinajstić information content (AvgIpc) is 2.60. The second-order valence-electron chi connectivity index (χ2n) is 5.74. The van der Waals surface area contributed by atoms with Crippen molar-refractivity contribution in [1.82, 2.24) is 5.43 Å². The van der Waals surface area contributed by atoms with Crippen molar-refractivity contribution in [2.45, 2.75) is 19.8 Å². The zero-order valence-corrected chi connectivity index (χ0v) is 14.1. The summed E-state index contributed by atoms with van der Waals surface area (Å²) in [4.78, 5) is 33.0. The molecule has 136 valence electrons. The number of nitrogens with one attached hydrogen (secondary N) is 2. The van der Waals surface area contributed by atoms with E-state index in [1.165, 1.54) is 0 Å². The van der Waals surface area contributed by atoms with Crippen molar-refractivity contribution < 1.29 is 14.6 Å². The first-order chi connectivity index (χ1) is 12.3. The van der Waals surface area contributed by atoms with Gasteiger partial charge in [-0.05, 0) is 17.5 Å². The van der Waals surface area contributed by atoms with Gasteiger partial charge >= 0.3 is 11.4 Å². The third-order valence-electron chi connectivity index (χ3n) is 3.73. The number of nitro groups is 2. The van der Waals surface area contributed by atoms with Crippen molar-refractivity contribution in [2.24, 2.45) is 5.84 Å². The van der Waals surface area contributed by atoms with Crippen LogP contribution in [0.25, 0.3) is 0 Å². The molecule has 2 aromatic rings. The van der Waals surface area contributed by atoms with Gasteiger partial charge in [0.2, 0.25) is 0 Å². The SMILES string of the molecule is CC(C)c1ccccc1Nc1c([N+](=O)[O-])cc(C(=O)NN)cc1[N+](=O)[O-]. The summed E-state index contributed by atoms with van der Waals surface area (Å²) in [5.74, 6) is 4.23. The second-order valence-corrected chi connectivity index (χ2v) is 5.74. The fourth-order valence-corrected chi connectivity index (χ4v) is 2.49. The number of hydrogen-bond donors (Lipinski definition) is 3. The van der Waals surface area contributed by atoms with Gasteiger partial charge in [0.1, 0.15) is 0 Å². The Hall–Kier alpha value is -3.53. The summed E-state index contributed by atoms with van der Waals surface area (Å²) in [6, 6.07) is 8.88. The third kappa shape index (κ3) is 3.75. The summed E-state index contributed by atoms with van der Waals surface area (Å²) in [6.07, 6.45) is 0. The van der Waals surface area contributed by atoms with Crippen LogP contribution in [-0.2, 0) is 0 Å². The first-order valence-electron chi connectivity index (χ1n) is 7.60. The van der Waals surface area contributed by atoms with Crippen molar-refractivity contribution >= 4 is 28.7 Å².